The Morgan fingerprint density at radius 1 is 1.13 bits per heavy atom. The summed E-state index contributed by atoms with van der Waals surface area (Å²) in [6.45, 7) is 1.52. The molecule has 3 heterocycles. The fourth-order valence-corrected chi connectivity index (χ4v) is 5.24. The molecular weight excluding hydrogens is 424 g/mol. The smallest absolute Gasteiger partial charge is 0.255 e. The molecule has 1 aromatic carbocycles. The van der Waals surface area contributed by atoms with Gasteiger partial charge in [0.05, 0.1) is 35.1 Å². The number of nitrogens with one attached hydrogen (secondary N) is 1. The van der Waals surface area contributed by atoms with Gasteiger partial charge in [-0.15, -0.1) is 11.3 Å². The molecule has 8 nitrogen and oxygen atoms in total. The topological polar surface area (TPSA) is 93.5 Å². The maximum absolute atomic E-state index is 12.9. The molecule has 0 aliphatic carbocycles. The van der Waals surface area contributed by atoms with E-state index in [9.17, 15) is 13.2 Å². The minimum absolute atomic E-state index is 0.0267. The Kier molecular flexibility index (Phi) is 6.28. The lowest BCUT2D eigenvalue weighted by atomic mass is 10.2. The molecular formula is C20H22N4O4S2. The first-order valence-corrected chi connectivity index (χ1v) is 12.1. The second-order valence-corrected chi connectivity index (χ2v) is 9.77. The number of ether oxygens (including phenoxy) is 1. The Bertz CT molecular complexity index is 1090. The van der Waals surface area contributed by atoms with E-state index >= 15 is 0 Å². The third-order valence-corrected chi connectivity index (χ3v) is 7.49. The second-order valence-electron chi connectivity index (χ2n) is 6.73. The molecule has 0 radical (unpaired) electrons. The van der Waals surface area contributed by atoms with Crippen LogP contribution in [0.5, 0.6) is 0 Å². The highest BCUT2D eigenvalue weighted by Crippen LogP contribution is 2.27. The maximum atomic E-state index is 12.9. The number of nitrogens with zero attached hydrogens (tertiary/aromatic N) is 3. The molecule has 158 valence electrons. The summed E-state index contributed by atoms with van der Waals surface area (Å²) in [5.74, 6) is -0.502. The van der Waals surface area contributed by atoms with E-state index in [0.717, 1.165) is 10.6 Å². The highest BCUT2D eigenvalue weighted by molar-refractivity contribution is 7.89. The van der Waals surface area contributed by atoms with Gasteiger partial charge in [0.25, 0.3) is 5.91 Å². The average molecular weight is 447 g/mol. The third kappa shape index (κ3) is 4.62. The number of para-hydroxylation sites is 1. The standard InChI is InChI=1S/C20H22N4O4S2/c25-20(21-8-14-30(26,27)23-9-11-28-12-10-23)17-15-24(16-5-2-1-3-6-16)22-19(17)18-7-4-13-29-18/h1-7,13,15H,8-12,14H2,(H,21,25). The van der Waals surface area contributed by atoms with Gasteiger partial charge in [-0.05, 0) is 23.6 Å². The Hall–Kier alpha value is -2.53. The van der Waals surface area contributed by atoms with Crippen LogP contribution in [0.3, 0.4) is 0 Å². The number of thiophene rings is 1. The van der Waals surface area contributed by atoms with Crippen LogP contribution in [0.25, 0.3) is 16.3 Å². The van der Waals surface area contributed by atoms with Crippen LogP contribution in [0.2, 0.25) is 0 Å². The average Bonchev–Trinajstić information content (AvgIpc) is 3.45. The molecule has 0 unspecified atom stereocenters. The van der Waals surface area contributed by atoms with Crippen LogP contribution < -0.4 is 5.32 Å². The number of hydrogen-bond donors (Lipinski definition) is 1. The number of amides is 1. The first kappa shape index (κ1) is 20.7. The monoisotopic (exact) mass is 446 g/mol. The van der Waals surface area contributed by atoms with Crippen LogP contribution in [0.4, 0.5) is 0 Å². The summed E-state index contributed by atoms with van der Waals surface area (Å²) in [7, 11) is -3.43. The lowest BCUT2D eigenvalue weighted by Gasteiger charge is -2.26. The van der Waals surface area contributed by atoms with Crippen molar-refractivity contribution in [2.45, 2.75) is 0 Å². The highest BCUT2D eigenvalue weighted by Gasteiger charge is 2.25. The van der Waals surface area contributed by atoms with Crippen molar-refractivity contribution in [3.63, 3.8) is 0 Å². The third-order valence-electron chi connectivity index (χ3n) is 4.74. The number of hydrogen-bond acceptors (Lipinski definition) is 6. The van der Waals surface area contributed by atoms with E-state index in [0.29, 0.717) is 37.6 Å². The highest BCUT2D eigenvalue weighted by atomic mass is 32.2. The van der Waals surface area contributed by atoms with Crippen molar-refractivity contribution in [2.75, 3.05) is 38.6 Å². The van der Waals surface area contributed by atoms with Crippen molar-refractivity contribution in [3.05, 3.63) is 59.6 Å². The van der Waals surface area contributed by atoms with Crippen LogP contribution in [0, 0.1) is 0 Å². The second kappa shape index (κ2) is 9.09. The lowest BCUT2D eigenvalue weighted by Crippen LogP contribution is -2.43. The molecule has 4 rings (SSSR count). The van der Waals surface area contributed by atoms with Gasteiger partial charge in [-0.2, -0.15) is 9.40 Å². The van der Waals surface area contributed by atoms with Crippen LogP contribution >= 0.6 is 11.3 Å². The zero-order valence-electron chi connectivity index (χ0n) is 16.2. The molecule has 0 bridgehead atoms. The van der Waals surface area contributed by atoms with Crippen LogP contribution in [0.1, 0.15) is 10.4 Å². The van der Waals surface area contributed by atoms with Gasteiger partial charge in [0, 0.05) is 25.8 Å². The SMILES string of the molecule is O=C(NCCS(=O)(=O)N1CCOCC1)c1cn(-c2ccccc2)nc1-c1cccs1. The fourth-order valence-electron chi connectivity index (χ4n) is 3.19. The summed E-state index contributed by atoms with van der Waals surface area (Å²) in [6.07, 6.45) is 1.68. The van der Waals surface area contributed by atoms with E-state index in [1.54, 1.807) is 10.9 Å². The molecule has 30 heavy (non-hydrogen) atoms. The number of sulfonamides is 1. The van der Waals surface area contributed by atoms with Gasteiger partial charge in [0.2, 0.25) is 10.0 Å². The van der Waals surface area contributed by atoms with Crippen molar-refractivity contribution < 1.29 is 17.9 Å². The lowest BCUT2D eigenvalue weighted by molar-refractivity contribution is 0.0730. The molecule has 3 aromatic rings. The quantitative estimate of drug-likeness (QED) is 0.599. The predicted octanol–water partition coefficient (Wildman–Crippen LogP) is 1.99. The Balaban J connectivity index is 1.50. The minimum Gasteiger partial charge on any atom is -0.379 e. The molecule has 2 aromatic heterocycles. The minimum atomic E-state index is -3.43. The molecule has 0 atom stereocenters. The van der Waals surface area contributed by atoms with E-state index in [1.807, 2.05) is 47.8 Å². The van der Waals surface area contributed by atoms with Gasteiger partial charge in [-0.1, -0.05) is 24.3 Å². The van der Waals surface area contributed by atoms with Crippen molar-refractivity contribution in [1.29, 1.82) is 0 Å². The summed E-state index contributed by atoms with van der Waals surface area (Å²) >= 11 is 1.49. The Labute approximate surface area is 179 Å². The molecule has 1 aliphatic heterocycles. The largest absolute Gasteiger partial charge is 0.379 e. The van der Waals surface area contributed by atoms with Gasteiger partial charge in [0.1, 0.15) is 5.69 Å². The van der Waals surface area contributed by atoms with Crippen LogP contribution in [-0.2, 0) is 14.8 Å². The van der Waals surface area contributed by atoms with Crippen molar-refractivity contribution >= 4 is 27.3 Å². The summed E-state index contributed by atoms with van der Waals surface area (Å²) in [6, 6.07) is 13.3. The summed E-state index contributed by atoms with van der Waals surface area (Å²) in [5.41, 5.74) is 1.82. The molecule has 1 saturated heterocycles. The Morgan fingerprint density at radius 3 is 2.60 bits per heavy atom. The number of carbonyl (C=O) groups is 1. The van der Waals surface area contributed by atoms with E-state index in [2.05, 4.69) is 10.4 Å². The van der Waals surface area contributed by atoms with Crippen molar-refractivity contribution in [2.24, 2.45) is 0 Å². The van der Waals surface area contributed by atoms with Crippen LogP contribution in [0.15, 0.2) is 54.0 Å². The van der Waals surface area contributed by atoms with Crippen molar-refractivity contribution in [1.82, 2.24) is 19.4 Å². The van der Waals surface area contributed by atoms with Crippen molar-refractivity contribution in [3.8, 4) is 16.3 Å². The molecule has 1 amide bonds. The maximum Gasteiger partial charge on any atom is 0.255 e. The first-order chi connectivity index (χ1) is 14.5. The number of morpholine rings is 1. The summed E-state index contributed by atoms with van der Waals surface area (Å²) < 4.78 is 33.2. The molecule has 0 saturated carbocycles. The fraction of sp³-hybridized carbons (Fsp3) is 0.300. The molecule has 1 fully saturated rings. The van der Waals surface area contributed by atoms with E-state index in [1.165, 1.54) is 15.6 Å². The van der Waals surface area contributed by atoms with Gasteiger partial charge >= 0.3 is 0 Å². The summed E-state index contributed by atoms with van der Waals surface area (Å²) in [5, 5.41) is 9.26. The molecule has 1 aliphatic rings. The molecule has 0 spiro atoms. The van der Waals surface area contributed by atoms with Crippen LogP contribution in [-0.4, -0.2) is 67.0 Å². The normalized spacial score (nSPS) is 15.2. The number of carbonyl (C=O) groups excluding carboxylic acids is 1. The molecule has 10 heteroatoms. The first-order valence-electron chi connectivity index (χ1n) is 9.57. The number of benzene rings is 1. The van der Waals surface area contributed by atoms with Gasteiger partial charge < -0.3 is 10.1 Å². The van der Waals surface area contributed by atoms with E-state index in [4.69, 9.17) is 4.74 Å². The zero-order valence-corrected chi connectivity index (χ0v) is 17.9. The predicted molar refractivity (Wildman–Crippen MR) is 115 cm³/mol. The molecule has 1 N–H and O–H groups in total. The number of aromatic nitrogens is 2. The van der Waals surface area contributed by atoms with Gasteiger partial charge in [-0.3, -0.25) is 4.79 Å². The van der Waals surface area contributed by atoms with E-state index < -0.39 is 10.0 Å². The Morgan fingerprint density at radius 2 is 1.90 bits per heavy atom. The van der Waals surface area contributed by atoms with Gasteiger partial charge in [0.15, 0.2) is 0 Å². The zero-order chi connectivity index (χ0) is 21.0. The number of rotatable bonds is 7. The van der Waals surface area contributed by atoms with E-state index in [-0.39, 0.29) is 18.2 Å². The summed E-state index contributed by atoms with van der Waals surface area (Å²) in [4.78, 5) is 13.8. The van der Waals surface area contributed by atoms with Gasteiger partial charge in [-0.25, -0.2) is 13.1 Å².